The van der Waals surface area contributed by atoms with Crippen molar-refractivity contribution in [2.45, 2.75) is 26.3 Å². The fraction of sp³-hybridized carbons (Fsp3) is 0.692. The molecule has 1 fully saturated rings. The Morgan fingerprint density at radius 3 is 2.88 bits per heavy atom. The predicted molar refractivity (Wildman–Crippen MR) is 73.0 cm³/mol. The van der Waals surface area contributed by atoms with Gasteiger partial charge in [-0.25, -0.2) is 0 Å². The maximum atomic E-state index is 5.35. The highest BCUT2D eigenvalue weighted by atomic mass is 79.9. The summed E-state index contributed by atoms with van der Waals surface area (Å²) in [5, 5.41) is 3.42. The van der Waals surface area contributed by atoms with E-state index in [1.54, 1.807) is 6.26 Å². The number of rotatable bonds is 5. The van der Waals surface area contributed by atoms with Crippen molar-refractivity contribution in [2.24, 2.45) is 5.92 Å². The van der Waals surface area contributed by atoms with Crippen molar-refractivity contribution in [3.05, 3.63) is 22.6 Å². The summed E-state index contributed by atoms with van der Waals surface area (Å²) >= 11 is 3.46. The number of furan rings is 1. The number of hydrogen-bond acceptors (Lipinski definition) is 3. The van der Waals surface area contributed by atoms with Gasteiger partial charge in [0.2, 0.25) is 0 Å². The van der Waals surface area contributed by atoms with Gasteiger partial charge < -0.3 is 14.6 Å². The molecule has 0 unspecified atom stereocenters. The Labute approximate surface area is 112 Å². The van der Waals surface area contributed by atoms with Gasteiger partial charge in [0.05, 0.1) is 17.3 Å². The summed E-state index contributed by atoms with van der Waals surface area (Å²) in [5.74, 6) is 1.90. The molecule has 0 aromatic carbocycles. The first-order chi connectivity index (χ1) is 8.25. The summed E-state index contributed by atoms with van der Waals surface area (Å²) in [5.41, 5.74) is 0. The normalized spacial score (nSPS) is 18.7. The second-order valence-corrected chi connectivity index (χ2v) is 5.75. The molecule has 3 nitrogen and oxygen atoms in total. The van der Waals surface area contributed by atoms with E-state index < -0.39 is 0 Å². The molecule has 17 heavy (non-hydrogen) atoms. The Balaban J connectivity index is 1.59. The van der Waals surface area contributed by atoms with E-state index in [1.807, 2.05) is 6.07 Å². The van der Waals surface area contributed by atoms with E-state index in [9.17, 15) is 0 Å². The van der Waals surface area contributed by atoms with E-state index >= 15 is 0 Å². The molecule has 1 aromatic heterocycles. The van der Waals surface area contributed by atoms with Crippen LogP contribution in [0.1, 0.15) is 25.5 Å². The van der Waals surface area contributed by atoms with E-state index in [4.69, 9.17) is 4.42 Å². The minimum Gasteiger partial charge on any atom is -0.467 e. The van der Waals surface area contributed by atoms with Crippen LogP contribution >= 0.6 is 15.9 Å². The maximum Gasteiger partial charge on any atom is 0.131 e. The van der Waals surface area contributed by atoms with Gasteiger partial charge in [0.15, 0.2) is 0 Å². The molecule has 0 amide bonds. The molecule has 0 bridgehead atoms. The molecule has 0 atom stereocenters. The van der Waals surface area contributed by atoms with Gasteiger partial charge in [0.25, 0.3) is 0 Å². The van der Waals surface area contributed by atoms with E-state index in [1.165, 1.54) is 25.9 Å². The average molecular weight is 301 g/mol. The van der Waals surface area contributed by atoms with E-state index in [2.05, 4.69) is 33.1 Å². The Morgan fingerprint density at radius 2 is 2.24 bits per heavy atom. The quantitative estimate of drug-likeness (QED) is 0.848. The monoisotopic (exact) mass is 300 g/mol. The van der Waals surface area contributed by atoms with Crippen molar-refractivity contribution in [3.63, 3.8) is 0 Å². The zero-order valence-corrected chi connectivity index (χ0v) is 12.0. The van der Waals surface area contributed by atoms with Gasteiger partial charge >= 0.3 is 0 Å². The molecule has 0 radical (unpaired) electrons. The number of hydrogen-bond donors (Lipinski definition) is 1. The van der Waals surface area contributed by atoms with E-state index in [0.717, 1.165) is 35.8 Å². The molecule has 0 spiro atoms. The zero-order chi connectivity index (χ0) is 12.1. The Kier molecular flexibility index (Phi) is 5.07. The Hall–Kier alpha value is -0.320. The van der Waals surface area contributed by atoms with Crippen molar-refractivity contribution in [2.75, 3.05) is 26.2 Å². The summed E-state index contributed by atoms with van der Waals surface area (Å²) in [6.45, 7) is 7.84. The van der Waals surface area contributed by atoms with Crippen molar-refractivity contribution < 1.29 is 4.42 Å². The van der Waals surface area contributed by atoms with Gasteiger partial charge in [0, 0.05) is 13.1 Å². The summed E-state index contributed by atoms with van der Waals surface area (Å²) in [6, 6.07) is 1.93. The molecular weight excluding hydrogens is 280 g/mol. The van der Waals surface area contributed by atoms with Gasteiger partial charge in [-0.2, -0.15) is 0 Å². The summed E-state index contributed by atoms with van der Waals surface area (Å²) < 4.78 is 6.40. The molecule has 1 N–H and O–H groups in total. The second-order valence-electron chi connectivity index (χ2n) is 4.89. The first-order valence-corrected chi connectivity index (χ1v) is 7.20. The van der Waals surface area contributed by atoms with Crippen LogP contribution in [0, 0.1) is 5.92 Å². The highest BCUT2D eigenvalue weighted by Crippen LogP contribution is 2.17. The molecule has 2 rings (SSSR count). The van der Waals surface area contributed by atoms with Gasteiger partial charge in [0.1, 0.15) is 5.76 Å². The molecule has 0 aliphatic carbocycles. The van der Waals surface area contributed by atoms with E-state index in [0.29, 0.717) is 0 Å². The zero-order valence-electron chi connectivity index (χ0n) is 10.4. The third kappa shape index (κ3) is 4.12. The van der Waals surface area contributed by atoms with Crippen molar-refractivity contribution in [3.8, 4) is 0 Å². The van der Waals surface area contributed by atoms with Gasteiger partial charge in [-0.1, -0.05) is 6.92 Å². The Bertz CT molecular complexity index is 332. The molecule has 1 aliphatic heterocycles. The van der Waals surface area contributed by atoms with Crippen molar-refractivity contribution in [1.82, 2.24) is 10.2 Å². The van der Waals surface area contributed by atoms with Crippen LogP contribution < -0.4 is 5.32 Å². The molecule has 96 valence electrons. The lowest BCUT2D eigenvalue weighted by Gasteiger charge is -2.30. The van der Waals surface area contributed by atoms with Gasteiger partial charge in [-0.15, -0.1) is 0 Å². The van der Waals surface area contributed by atoms with Crippen molar-refractivity contribution >= 4 is 15.9 Å². The Morgan fingerprint density at radius 1 is 1.47 bits per heavy atom. The smallest absolute Gasteiger partial charge is 0.131 e. The number of likely N-dealkylation sites (tertiary alicyclic amines) is 1. The molecule has 1 aromatic rings. The molecule has 0 saturated carbocycles. The highest BCUT2D eigenvalue weighted by Gasteiger charge is 2.14. The lowest BCUT2D eigenvalue weighted by Crippen LogP contribution is -2.37. The topological polar surface area (TPSA) is 28.4 Å². The van der Waals surface area contributed by atoms with Crippen molar-refractivity contribution in [1.29, 1.82) is 0 Å². The number of nitrogens with zero attached hydrogens (tertiary/aromatic N) is 1. The summed E-state index contributed by atoms with van der Waals surface area (Å²) in [7, 11) is 0. The first-order valence-electron chi connectivity index (χ1n) is 6.40. The SMILES string of the molecule is CC1CCN(CCNCc2occc2Br)CC1. The van der Waals surface area contributed by atoms with Crippen LogP contribution in [0.5, 0.6) is 0 Å². The van der Waals surface area contributed by atoms with E-state index in [-0.39, 0.29) is 0 Å². The molecule has 2 heterocycles. The lowest BCUT2D eigenvalue weighted by molar-refractivity contribution is 0.192. The molecule has 1 saturated heterocycles. The first kappa shape index (κ1) is 13.1. The third-order valence-corrected chi connectivity index (χ3v) is 4.16. The third-order valence-electron chi connectivity index (χ3n) is 3.46. The maximum absolute atomic E-state index is 5.35. The van der Waals surface area contributed by atoms with Crippen LogP contribution in [0.4, 0.5) is 0 Å². The summed E-state index contributed by atoms with van der Waals surface area (Å²) in [6.07, 6.45) is 4.42. The fourth-order valence-corrected chi connectivity index (χ4v) is 2.52. The largest absolute Gasteiger partial charge is 0.467 e. The molecular formula is C13H21BrN2O. The van der Waals surface area contributed by atoms with Crippen LogP contribution in [0.25, 0.3) is 0 Å². The lowest BCUT2D eigenvalue weighted by atomic mass is 9.99. The van der Waals surface area contributed by atoms with Gasteiger partial charge in [-0.05, 0) is 53.8 Å². The number of halogens is 1. The molecule has 4 heteroatoms. The highest BCUT2D eigenvalue weighted by molar-refractivity contribution is 9.10. The van der Waals surface area contributed by atoms with Crippen LogP contribution in [0.3, 0.4) is 0 Å². The van der Waals surface area contributed by atoms with Crippen LogP contribution in [-0.2, 0) is 6.54 Å². The second kappa shape index (κ2) is 6.57. The van der Waals surface area contributed by atoms with Crippen LogP contribution in [0.2, 0.25) is 0 Å². The molecule has 1 aliphatic rings. The average Bonchev–Trinajstić information content (AvgIpc) is 2.73. The van der Waals surface area contributed by atoms with Crippen LogP contribution in [-0.4, -0.2) is 31.1 Å². The van der Waals surface area contributed by atoms with Crippen LogP contribution in [0.15, 0.2) is 21.2 Å². The minimum atomic E-state index is 0.803. The fourth-order valence-electron chi connectivity index (χ4n) is 2.18. The standard InChI is InChI=1S/C13H21BrN2O/c1-11-2-6-16(7-3-11)8-5-15-10-13-12(14)4-9-17-13/h4,9,11,15H,2-3,5-8,10H2,1H3. The predicted octanol–water partition coefficient (Wildman–Crippen LogP) is 2.86. The number of nitrogens with one attached hydrogen (secondary N) is 1. The van der Waals surface area contributed by atoms with Gasteiger partial charge in [-0.3, -0.25) is 0 Å². The minimum absolute atomic E-state index is 0.803. The summed E-state index contributed by atoms with van der Waals surface area (Å²) in [4.78, 5) is 2.55. The number of piperidine rings is 1.